The van der Waals surface area contributed by atoms with Crippen LogP contribution in [0.4, 0.5) is 16.4 Å². The van der Waals surface area contributed by atoms with Crippen LogP contribution >= 0.6 is 11.3 Å². The number of anilines is 1. The summed E-state index contributed by atoms with van der Waals surface area (Å²) in [6.07, 6.45) is 0.906. The van der Waals surface area contributed by atoms with Gasteiger partial charge in [-0.15, -0.1) is 11.3 Å². The summed E-state index contributed by atoms with van der Waals surface area (Å²) in [6.45, 7) is 1.21. The lowest BCUT2D eigenvalue weighted by atomic mass is 9.99. The van der Waals surface area contributed by atoms with Gasteiger partial charge in [0.15, 0.2) is 0 Å². The van der Waals surface area contributed by atoms with Crippen molar-refractivity contribution >= 4 is 45.6 Å². The van der Waals surface area contributed by atoms with Gasteiger partial charge >= 0.3 is 11.9 Å². The molecule has 12 nitrogen and oxygen atoms in total. The molecule has 0 bridgehead atoms. The van der Waals surface area contributed by atoms with Crippen LogP contribution in [0.3, 0.4) is 0 Å². The maximum atomic E-state index is 12.8. The lowest BCUT2D eigenvalue weighted by Gasteiger charge is -2.12. The van der Waals surface area contributed by atoms with E-state index in [2.05, 4.69) is 5.32 Å². The normalized spacial score (nSPS) is 14.4. The highest BCUT2D eigenvalue weighted by atomic mass is 32.1. The third-order valence-electron chi connectivity index (χ3n) is 5.14. The molecular weight excluding hydrogens is 446 g/mol. The first-order valence-electron chi connectivity index (χ1n) is 9.17. The highest BCUT2D eigenvalue weighted by Gasteiger charge is 2.38. The predicted octanol–water partition coefficient (Wildman–Crippen LogP) is 3.11. The zero-order valence-electron chi connectivity index (χ0n) is 17.1. The van der Waals surface area contributed by atoms with Gasteiger partial charge in [-0.25, -0.2) is 4.79 Å². The second kappa shape index (κ2) is 8.70. The molecule has 0 aliphatic heterocycles. The molecule has 0 spiro atoms. The van der Waals surface area contributed by atoms with Crippen LogP contribution in [0.1, 0.15) is 49.1 Å². The van der Waals surface area contributed by atoms with Crippen molar-refractivity contribution < 1.29 is 33.7 Å². The van der Waals surface area contributed by atoms with Crippen LogP contribution in [0.15, 0.2) is 12.1 Å². The lowest BCUT2D eigenvalue weighted by molar-refractivity contribution is -0.395. The number of benzene rings is 1. The van der Waals surface area contributed by atoms with Crippen LogP contribution in [0.25, 0.3) is 0 Å². The summed E-state index contributed by atoms with van der Waals surface area (Å²) in [5.41, 5.74) is -1.30. The van der Waals surface area contributed by atoms with Gasteiger partial charge < -0.3 is 14.8 Å². The largest absolute Gasteiger partial charge is 0.469 e. The minimum atomic E-state index is -0.893. The number of carbonyl (C=O) groups excluding carboxylic acids is 3. The first kappa shape index (κ1) is 22.8. The van der Waals surface area contributed by atoms with E-state index in [-0.39, 0.29) is 21.7 Å². The zero-order valence-corrected chi connectivity index (χ0v) is 17.9. The van der Waals surface area contributed by atoms with Crippen molar-refractivity contribution in [2.75, 3.05) is 19.5 Å². The van der Waals surface area contributed by atoms with Gasteiger partial charge in [-0.2, -0.15) is 0 Å². The minimum absolute atomic E-state index is 0.00939. The summed E-state index contributed by atoms with van der Waals surface area (Å²) in [6, 6.07) is 1.85. The van der Waals surface area contributed by atoms with Gasteiger partial charge in [-0.1, -0.05) is 0 Å². The van der Waals surface area contributed by atoms with Gasteiger partial charge in [0, 0.05) is 17.0 Å². The van der Waals surface area contributed by atoms with E-state index in [1.807, 2.05) is 0 Å². The fourth-order valence-corrected chi connectivity index (χ4v) is 4.86. The number of fused-ring (bicyclic) bond motifs is 1. The van der Waals surface area contributed by atoms with Crippen molar-refractivity contribution in [1.82, 2.24) is 0 Å². The van der Waals surface area contributed by atoms with Crippen LogP contribution < -0.4 is 5.32 Å². The Balaban J connectivity index is 2.06. The van der Waals surface area contributed by atoms with Crippen LogP contribution in [-0.4, -0.2) is 41.9 Å². The van der Waals surface area contributed by atoms with Gasteiger partial charge in [-0.3, -0.25) is 29.8 Å². The second-order valence-electron chi connectivity index (χ2n) is 6.86. The number of thiophene rings is 1. The first-order valence-corrected chi connectivity index (χ1v) is 9.98. The van der Waals surface area contributed by atoms with Crippen LogP contribution in [0, 0.1) is 27.2 Å². The molecule has 1 aliphatic carbocycles. The summed E-state index contributed by atoms with van der Waals surface area (Å²) in [7, 11) is 2.37. The average molecular weight is 463 g/mol. The van der Waals surface area contributed by atoms with Crippen molar-refractivity contribution in [2.45, 2.75) is 25.7 Å². The molecule has 1 aliphatic rings. The molecule has 32 heavy (non-hydrogen) atoms. The molecule has 1 heterocycles. The zero-order chi connectivity index (χ0) is 23.7. The number of nitro benzene ring substituents is 2. The molecule has 3 rings (SSSR count). The fourth-order valence-electron chi connectivity index (χ4n) is 3.61. The summed E-state index contributed by atoms with van der Waals surface area (Å²) in [4.78, 5) is 59.1. The highest BCUT2D eigenvalue weighted by Crippen LogP contribution is 2.46. The van der Waals surface area contributed by atoms with Gasteiger partial charge in [0.1, 0.15) is 10.6 Å². The van der Waals surface area contributed by atoms with Gasteiger partial charge in [0.2, 0.25) is 0 Å². The maximum Gasteiger partial charge on any atom is 0.341 e. The number of amides is 1. The molecule has 13 heteroatoms. The van der Waals surface area contributed by atoms with Crippen molar-refractivity contribution in [3.63, 3.8) is 0 Å². The topological polar surface area (TPSA) is 168 Å². The molecule has 0 saturated heterocycles. The lowest BCUT2D eigenvalue weighted by Crippen LogP contribution is -2.18. The van der Waals surface area contributed by atoms with E-state index in [9.17, 15) is 34.6 Å². The first-order chi connectivity index (χ1) is 15.1. The molecule has 0 fully saturated rings. The second-order valence-corrected chi connectivity index (χ2v) is 7.96. The number of hydrogen-bond acceptors (Lipinski definition) is 10. The Kier molecular flexibility index (Phi) is 6.20. The Morgan fingerprint density at radius 2 is 1.69 bits per heavy atom. The summed E-state index contributed by atoms with van der Waals surface area (Å²) in [5.74, 6) is -2.91. The molecule has 1 aromatic carbocycles. The number of hydrogen-bond donors (Lipinski definition) is 1. The molecular formula is C19H17N3O9S. The van der Waals surface area contributed by atoms with E-state index in [0.29, 0.717) is 23.3 Å². The van der Waals surface area contributed by atoms with Crippen molar-refractivity contribution in [2.24, 2.45) is 0 Å². The third kappa shape index (κ3) is 3.89. The molecule has 168 valence electrons. The number of carbonyl (C=O) groups is 3. The molecule has 1 aromatic heterocycles. The number of methoxy groups -OCH3 is 2. The molecule has 0 saturated carbocycles. The van der Waals surface area contributed by atoms with E-state index >= 15 is 0 Å². The monoisotopic (exact) mass is 463 g/mol. The number of nitrogens with zero attached hydrogens (tertiary/aromatic N) is 2. The molecule has 1 N–H and O–H groups in total. The number of rotatable bonds is 6. The summed E-state index contributed by atoms with van der Waals surface area (Å²) < 4.78 is 9.61. The maximum absolute atomic E-state index is 12.8. The van der Waals surface area contributed by atoms with E-state index in [1.165, 1.54) is 14.0 Å². The Morgan fingerprint density at radius 3 is 2.19 bits per heavy atom. The van der Waals surface area contributed by atoms with Gasteiger partial charge in [-0.05, 0) is 25.3 Å². The van der Waals surface area contributed by atoms with E-state index in [4.69, 9.17) is 9.47 Å². The number of esters is 2. The fraction of sp³-hybridized carbons (Fsp3) is 0.316. The minimum Gasteiger partial charge on any atom is -0.469 e. The smallest absolute Gasteiger partial charge is 0.341 e. The predicted molar refractivity (Wildman–Crippen MR) is 111 cm³/mol. The third-order valence-corrected chi connectivity index (χ3v) is 6.32. The van der Waals surface area contributed by atoms with E-state index in [1.54, 1.807) is 0 Å². The summed E-state index contributed by atoms with van der Waals surface area (Å²) >= 11 is 1.06. The standard InChI is InChI=1S/C19H17N3O9S/c1-8-11(21(26)27)6-9(7-12(8)22(28)29)16(23)20-17-15(19(25)31-3)14-10(18(24)30-2)4-5-13(14)32-17/h6-7,10H,4-5H2,1-3H3,(H,20,23). The van der Waals surface area contributed by atoms with Gasteiger partial charge in [0.05, 0.1) is 41.1 Å². The number of aryl methyl sites for hydroxylation is 1. The number of nitrogens with one attached hydrogen (secondary N) is 1. The Bertz CT molecular complexity index is 1140. The molecule has 0 radical (unpaired) electrons. The van der Waals surface area contributed by atoms with Crippen molar-refractivity contribution in [3.05, 3.63) is 59.5 Å². The number of nitro groups is 2. The Labute approximate surface area is 184 Å². The SMILES string of the molecule is COC(=O)c1c(NC(=O)c2cc([N+](=O)[O-])c(C)c([N+](=O)[O-])c2)sc2c1C(C(=O)OC)CC2. The Morgan fingerprint density at radius 1 is 1.09 bits per heavy atom. The highest BCUT2D eigenvalue weighted by molar-refractivity contribution is 7.17. The van der Waals surface area contributed by atoms with Crippen LogP contribution in [0.2, 0.25) is 0 Å². The quantitative estimate of drug-likeness (QED) is 0.384. The van der Waals surface area contributed by atoms with Crippen LogP contribution in [0.5, 0.6) is 0 Å². The average Bonchev–Trinajstić information content (AvgIpc) is 3.30. The van der Waals surface area contributed by atoms with E-state index in [0.717, 1.165) is 30.6 Å². The molecule has 1 amide bonds. The van der Waals surface area contributed by atoms with Crippen LogP contribution in [-0.2, 0) is 20.7 Å². The number of ether oxygens (including phenoxy) is 2. The summed E-state index contributed by atoms with van der Waals surface area (Å²) in [5, 5.41) is 25.1. The Hall–Kier alpha value is -3.87. The molecule has 1 unspecified atom stereocenters. The van der Waals surface area contributed by atoms with Crippen molar-refractivity contribution in [1.29, 1.82) is 0 Å². The van der Waals surface area contributed by atoms with Crippen molar-refractivity contribution in [3.8, 4) is 0 Å². The molecule has 2 aromatic rings. The molecule has 1 atom stereocenters. The van der Waals surface area contributed by atoms with E-state index < -0.39 is 45.0 Å². The van der Waals surface area contributed by atoms with Gasteiger partial charge in [0.25, 0.3) is 17.3 Å².